The first-order chi connectivity index (χ1) is 11.2. The van der Waals surface area contributed by atoms with Gasteiger partial charge < -0.3 is 4.90 Å². The summed E-state index contributed by atoms with van der Waals surface area (Å²) in [5.74, 6) is 0. The monoisotopic (exact) mass is 514 g/mol. The van der Waals surface area contributed by atoms with Gasteiger partial charge in [0.2, 0.25) is 0 Å². The molecule has 137 valence electrons. The summed E-state index contributed by atoms with van der Waals surface area (Å²) in [6.07, 6.45) is 1.82. The molecule has 0 aliphatic heterocycles. The molecule has 8 heteroatoms. The Bertz CT molecular complexity index is 637. The predicted molar refractivity (Wildman–Crippen MR) is 105 cm³/mol. The fourth-order valence-electron chi connectivity index (χ4n) is 1.68. The molecule has 2 rings (SSSR count). The standard InChI is InChI=1S/C9H8Cl4N.C7H9N.BrH.Ni/c1-14(2)4-5-3-6(10)8(12)9(13)7(5)11;1-6-3-4-8-7(2)5-6;;/h4H2,1-2H3;3-5H,1-2H3;1H;/q-1;;;+1/p-1. The molecular formula is C16H17BrCl4N2Ni-. The van der Waals surface area contributed by atoms with E-state index in [0.29, 0.717) is 16.6 Å². The summed E-state index contributed by atoms with van der Waals surface area (Å²) < 4.78 is 0. The van der Waals surface area contributed by atoms with Gasteiger partial charge in [-0.2, -0.15) is 29.3 Å². The van der Waals surface area contributed by atoms with Gasteiger partial charge >= 0.3 is 27.9 Å². The molecule has 0 radical (unpaired) electrons. The average molecular weight is 518 g/mol. The number of rotatable bonds is 2. The number of pyridine rings is 1. The Balaban J connectivity index is 0.000000447. The van der Waals surface area contributed by atoms with Gasteiger partial charge in [-0.3, -0.25) is 4.98 Å². The summed E-state index contributed by atoms with van der Waals surface area (Å²) >= 11 is 29.7. The molecule has 24 heavy (non-hydrogen) atoms. The van der Waals surface area contributed by atoms with Gasteiger partial charge in [0, 0.05) is 18.4 Å². The number of benzene rings is 1. The van der Waals surface area contributed by atoms with Crippen LogP contribution in [0.4, 0.5) is 0 Å². The van der Waals surface area contributed by atoms with E-state index in [1.54, 1.807) is 0 Å². The molecule has 0 atom stereocenters. The van der Waals surface area contributed by atoms with Gasteiger partial charge in [0.1, 0.15) is 0 Å². The van der Waals surface area contributed by atoms with Crippen molar-refractivity contribution in [2.24, 2.45) is 0 Å². The summed E-state index contributed by atoms with van der Waals surface area (Å²) in [6, 6.07) is 6.94. The van der Waals surface area contributed by atoms with Crippen molar-refractivity contribution in [3.05, 3.63) is 61.3 Å². The predicted octanol–water partition coefficient (Wildman–Crippen LogP) is 6.70. The van der Waals surface area contributed by atoms with Crippen LogP contribution in [0, 0.1) is 19.9 Å². The maximum atomic E-state index is 5.98. The number of nitrogens with zero attached hydrogens (tertiary/aromatic N) is 2. The van der Waals surface area contributed by atoms with Crippen molar-refractivity contribution in [3.8, 4) is 0 Å². The van der Waals surface area contributed by atoms with Crippen molar-refractivity contribution >= 4 is 60.6 Å². The number of halogens is 5. The van der Waals surface area contributed by atoms with E-state index in [-0.39, 0.29) is 10.0 Å². The van der Waals surface area contributed by atoms with Gasteiger partial charge in [-0.25, -0.2) is 0 Å². The Hall–Kier alpha value is 0.464. The molecule has 1 aromatic carbocycles. The molecule has 0 fully saturated rings. The number of hydrogen-bond acceptors (Lipinski definition) is 2. The number of hydrogen-bond donors (Lipinski definition) is 0. The molecule has 2 aromatic rings. The van der Waals surface area contributed by atoms with Gasteiger partial charge in [0.25, 0.3) is 0 Å². The summed E-state index contributed by atoms with van der Waals surface area (Å²) in [5.41, 5.74) is 3.11. The average Bonchev–Trinajstić information content (AvgIpc) is 2.52. The third-order valence-electron chi connectivity index (χ3n) is 2.63. The summed E-state index contributed by atoms with van der Waals surface area (Å²) in [6.45, 7) is 4.68. The van der Waals surface area contributed by atoms with E-state index < -0.39 is 0 Å². The first kappa shape index (κ1) is 24.5. The SMILES string of the molecule is CN(C)Cc1[c-]c(Cl)c(Cl)c(Cl)c1Cl.Cc1ccnc(C)c1.[Ni][Br]. The number of aryl methyl sites for hydroxylation is 2. The molecule has 0 aliphatic rings. The summed E-state index contributed by atoms with van der Waals surface area (Å²) in [7, 11) is 3.83. The van der Waals surface area contributed by atoms with Crippen LogP contribution in [-0.4, -0.2) is 24.0 Å². The molecular weight excluding hydrogens is 501 g/mol. The minimum atomic E-state index is 0.251. The van der Waals surface area contributed by atoms with Crippen LogP contribution in [0.2, 0.25) is 20.1 Å². The Morgan fingerprint density at radius 2 is 1.67 bits per heavy atom. The third kappa shape index (κ3) is 8.71. The van der Waals surface area contributed by atoms with Crippen LogP contribution in [0.1, 0.15) is 16.8 Å². The van der Waals surface area contributed by atoms with E-state index in [9.17, 15) is 0 Å². The first-order valence-corrected chi connectivity index (χ1v) is 10.6. The quantitative estimate of drug-likeness (QED) is 0.191. The molecule has 0 bridgehead atoms. The van der Waals surface area contributed by atoms with Crippen molar-refractivity contribution in [1.29, 1.82) is 0 Å². The molecule has 0 unspecified atom stereocenters. The van der Waals surface area contributed by atoms with Crippen molar-refractivity contribution < 1.29 is 13.7 Å². The zero-order valence-electron chi connectivity index (χ0n) is 13.5. The van der Waals surface area contributed by atoms with Gasteiger partial charge in [0.05, 0.1) is 0 Å². The van der Waals surface area contributed by atoms with E-state index in [1.165, 1.54) is 5.56 Å². The normalized spacial score (nSPS) is 9.83. The van der Waals surface area contributed by atoms with E-state index >= 15 is 0 Å². The van der Waals surface area contributed by atoms with Crippen LogP contribution < -0.4 is 0 Å². The van der Waals surface area contributed by atoms with E-state index in [1.807, 2.05) is 38.2 Å². The summed E-state index contributed by atoms with van der Waals surface area (Å²) in [5, 5.41) is 1.25. The minimum absolute atomic E-state index is 0.251. The Morgan fingerprint density at radius 1 is 1.08 bits per heavy atom. The first-order valence-electron chi connectivity index (χ1n) is 6.62. The van der Waals surface area contributed by atoms with Gasteiger partial charge in [0.15, 0.2) is 0 Å². The molecule has 0 N–H and O–H groups in total. The van der Waals surface area contributed by atoms with Crippen LogP contribution >= 0.6 is 60.6 Å². The molecule has 2 nitrogen and oxygen atoms in total. The van der Waals surface area contributed by atoms with Crippen LogP contribution in [0.25, 0.3) is 0 Å². The second-order valence-electron chi connectivity index (χ2n) is 5.07. The fourth-order valence-corrected chi connectivity index (χ4v) is 2.54. The van der Waals surface area contributed by atoms with Gasteiger partial charge in [-0.05, 0) is 60.7 Å². The van der Waals surface area contributed by atoms with Crippen molar-refractivity contribution in [1.82, 2.24) is 9.88 Å². The second kappa shape index (κ2) is 12.8. The molecule has 0 spiro atoms. The Labute approximate surface area is 179 Å². The zero-order chi connectivity index (χ0) is 18.9. The van der Waals surface area contributed by atoms with E-state index in [4.69, 9.17) is 46.4 Å². The Morgan fingerprint density at radius 3 is 2.08 bits per heavy atom. The fraction of sp³-hybridized carbons (Fsp3) is 0.312. The van der Waals surface area contributed by atoms with Crippen LogP contribution in [0.15, 0.2) is 18.3 Å². The second-order valence-corrected chi connectivity index (χ2v) is 6.58. The topological polar surface area (TPSA) is 16.1 Å². The van der Waals surface area contributed by atoms with Crippen molar-refractivity contribution in [2.45, 2.75) is 20.4 Å². The van der Waals surface area contributed by atoms with E-state index in [0.717, 1.165) is 11.3 Å². The molecule has 1 heterocycles. The number of aromatic nitrogens is 1. The Kier molecular flexibility index (Phi) is 13.0. The van der Waals surface area contributed by atoms with Crippen molar-refractivity contribution in [3.63, 3.8) is 0 Å². The summed E-state index contributed by atoms with van der Waals surface area (Å²) in [4.78, 5) is 5.98. The maximum absolute atomic E-state index is 5.98. The zero-order valence-corrected chi connectivity index (χ0v) is 19.1. The third-order valence-corrected chi connectivity index (χ3v) is 4.38. The molecule has 1 aromatic heterocycles. The molecule has 0 amide bonds. The van der Waals surface area contributed by atoms with Crippen LogP contribution in [-0.2, 0) is 20.2 Å². The molecule has 0 saturated carbocycles. The van der Waals surface area contributed by atoms with E-state index in [2.05, 4.69) is 52.0 Å². The van der Waals surface area contributed by atoms with Gasteiger partial charge in [-0.15, -0.1) is 28.8 Å². The van der Waals surface area contributed by atoms with Gasteiger partial charge in [-0.1, -0.05) is 5.02 Å². The van der Waals surface area contributed by atoms with Crippen LogP contribution in [0.3, 0.4) is 0 Å². The molecule has 0 aliphatic carbocycles. The molecule has 0 saturated heterocycles. The van der Waals surface area contributed by atoms with Crippen molar-refractivity contribution in [2.75, 3.05) is 14.1 Å². The van der Waals surface area contributed by atoms with Crippen LogP contribution in [0.5, 0.6) is 0 Å².